The van der Waals surface area contributed by atoms with Crippen LogP contribution in [0.4, 0.5) is 0 Å². The molecule has 10 heteroatoms. The molecule has 0 spiro atoms. The molecular formula is C34H48O8P2. The Morgan fingerprint density at radius 1 is 0.500 bits per heavy atom. The van der Waals surface area contributed by atoms with Crippen molar-refractivity contribution < 1.29 is 37.8 Å². The quantitative estimate of drug-likeness (QED) is 0.195. The van der Waals surface area contributed by atoms with Gasteiger partial charge in [-0.25, -0.2) is 9.13 Å². The van der Waals surface area contributed by atoms with E-state index >= 15 is 0 Å². The van der Waals surface area contributed by atoms with E-state index in [2.05, 4.69) is 68.4 Å². The van der Waals surface area contributed by atoms with E-state index < -0.39 is 21.1 Å². The second-order valence-electron chi connectivity index (χ2n) is 15.5. The van der Waals surface area contributed by atoms with Crippen LogP contribution in [0.25, 0.3) is 22.3 Å². The first kappa shape index (κ1) is 36.0. The van der Waals surface area contributed by atoms with E-state index in [1.54, 1.807) is 6.07 Å². The molecule has 0 unspecified atom stereocenters. The predicted molar refractivity (Wildman–Crippen MR) is 177 cm³/mol. The average Bonchev–Trinajstić information content (AvgIpc) is 2.79. The maximum Gasteiger partial charge on any atom is 0.524 e. The number of hydrogen-bond acceptors (Lipinski definition) is 4. The molecule has 4 N–H and O–H groups in total. The molecule has 0 heterocycles. The van der Waals surface area contributed by atoms with Gasteiger partial charge >= 0.3 is 15.6 Å². The molecule has 3 aromatic carbocycles. The molecule has 8 nitrogen and oxygen atoms in total. The van der Waals surface area contributed by atoms with Crippen LogP contribution >= 0.6 is 15.6 Å². The van der Waals surface area contributed by atoms with Gasteiger partial charge in [-0.2, -0.15) is 0 Å². The Labute approximate surface area is 262 Å². The Kier molecular flexibility index (Phi) is 9.61. The topological polar surface area (TPSA) is 134 Å². The van der Waals surface area contributed by atoms with Crippen LogP contribution in [-0.2, 0) is 30.8 Å². The minimum Gasteiger partial charge on any atom is -0.403 e. The summed E-state index contributed by atoms with van der Waals surface area (Å²) in [7, 11) is -10.3. The lowest BCUT2D eigenvalue weighted by Gasteiger charge is -2.30. The highest BCUT2D eigenvalue weighted by molar-refractivity contribution is 7.47. The van der Waals surface area contributed by atoms with E-state index in [-0.39, 0.29) is 33.3 Å². The number of rotatable bonds is 6. The number of phosphoric acid groups is 2. The predicted octanol–water partition coefficient (Wildman–Crippen LogP) is 9.15. The summed E-state index contributed by atoms with van der Waals surface area (Å²) >= 11 is 0. The summed E-state index contributed by atoms with van der Waals surface area (Å²) in [5.41, 5.74) is 4.08. The van der Waals surface area contributed by atoms with Gasteiger partial charge < -0.3 is 9.05 Å². The first-order valence-electron chi connectivity index (χ1n) is 14.6. The fourth-order valence-electron chi connectivity index (χ4n) is 5.17. The summed E-state index contributed by atoms with van der Waals surface area (Å²) in [5, 5.41) is 0. The fraction of sp³-hybridized carbons (Fsp3) is 0.471. The Balaban J connectivity index is 2.62. The first-order valence-corrected chi connectivity index (χ1v) is 17.6. The van der Waals surface area contributed by atoms with Gasteiger partial charge in [-0.3, -0.25) is 19.6 Å². The Bertz CT molecular complexity index is 1640. The van der Waals surface area contributed by atoms with Crippen molar-refractivity contribution in [3.05, 3.63) is 70.8 Å². The Hall–Kier alpha value is -2.44. The minimum absolute atomic E-state index is 0.0410. The lowest BCUT2D eigenvalue weighted by Crippen LogP contribution is -2.18. The highest BCUT2D eigenvalue weighted by atomic mass is 31.2. The zero-order valence-corrected chi connectivity index (χ0v) is 29.7. The van der Waals surface area contributed by atoms with Gasteiger partial charge in [-0.05, 0) is 67.2 Å². The van der Waals surface area contributed by atoms with Crippen LogP contribution < -0.4 is 9.05 Å². The molecular weight excluding hydrogens is 598 g/mol. The van der Waals surface area contributed by atoms with E-state index in [0.717, 1.165) is 22.3 Å². The van der Waals surface area contributed by atoms with Crippen molar-refractivity contribution >= 4 is 15.6 Å². The largest absolute Gasteiger partial charge is 0.524 e. The zero-order valence-electron chi connectivity index (χ0n) is 27.9. The Morgan fingerprint density at radius 2 is 0.886 bits per heavy atom. The third-order valence-electron chi connectivity index (χ3n) is 7.49. The molecule has 0 aliphatic rings. The molecule has 0 radical (unpaired) electrons. The SMILES string of the molecule is CC(C)(C)c1ccc(-c2ccc(OP(=O)(O)O)c(-c3ccc(C(C)(C)C)cc3C(C)(C)C)c2OP(=O)(O)O)c(C(C)(C)C)c1. The summed E-state index contributed by atoms with van der Waals surface area (Å²) in [6.45, 7) is 24.7. The van der Waals surface area contributed by atoms with Crippen LogP contribution in [0.2, 0.25) is 0 Å². The lowest BCUT2D eigenvalue weighted by atomic mass is 9.75. The van der Waals surface area contributed by atoms with E-state index in [1.165, 1.54) is 12.1 Å². The van der Waals surface area contributed by atoms with E-state index in [0.29, 0.717) is 16.7 Å². The highest BCUT2D eigenvalue weighted by Crippen LogP contribution is 2.56. The monoisotopic (exact) mass is 646 g/mol. The van der Waals surface area contributed by atoms with Gasteiger partial charge in [0.2, 0.25) is 0 Å². The van der Waals surface area contributed by atoms with Crippen molar-refractivity contribution in [2.45, 2.75) is 105 Å². The van der Waals surface area contributed by atoms with Gasteiger partial charge in [0.05, 0.1) is 5.56 Å². The maximum atomic E-state index is 12.6. The molecule has 0 aliphatic heterocycles. The van der Waals surface area contributed by atoms with Crippen molar-refractivity contribution in [1.29, 1.82) is 0 Å². The molecule has 0 bridgehead atoms. The number of phosphoric ester groups is 2. The summed E-state index contributed by atoms with van der Waals surface area (Å²) in [4.78, 5) is 40.2. The molecule has 0 aromatic heterocycles. The number of hydrogen-bond donors (Lipinski definition) is 4. The van der Waals surface area contributed by atoms with E-state index in [4.69, 9.17) is 9.05 Å². The van der Waals surface area contributed by atoms with Crippen LogP contribution in [0.5, 0.6) is 11.5 Å². The summed E-state index contributed by atoms with van der Waals surface area (Å²) in [6, 6.07) is 14.6. The smallest absolute Gasteiger partial charge is 0.403 e. The maximum absolute atomic E-state index is 12.6. The second-order valence-corrected chi connectivity index (χ2v) is 17.8. The first-order chi connectivity index (χ1) is 19.6. The molecule has 0 saturated heterocycles. The molecule has 0 saturated carbocycles. The lowest BCUT2D eigenvalue weighted by molar-refractivity contribution is 0.281. The van der Waals surface area contributed by atoms with Gasteiger partial charge in [0.15, 0.2) is 5.75 Å². The molecule has 242 valence electrons. The van der Waals surface area contributed by atoms with Crippen LogP contribution in [0.15, 0.2) is 48.5 Å². The molecule has 3 rings (SSSR count). The summed E-state index contributed by atoms with van der Waals surface area (Å²) in [6.07, 6.45) is 0. The van der Waals surface area contributed by atoms with Crippen LogP contribution in [0.3, 0.4) is 0 Å². The van der Waals surface area contributed by atoms with Gasteiger partial charge in [0.25, 0.3) is 0 Å². The van der Waals surface area contributed by atoms with Gasteiger partial charge in [-0.15, -0.1) is 0 Å². The molecule has 0 aliphatic carbocycles. The third-order valence-corrected chi connectivity index (χ3v) is 8.35. The Morgan fingerprint density at radius 3 is 1.27 bits per heavy atom. The molecule has 0 atom stereocenters. The van der Waals surface area contributed by atoms with Crippen molar-refractivity contribution in [2.75, 3.05) is 0 Å². The van der Waals surface area contributed by atoms with Crippen molar-refractivity contribution in [1.82, 2.24) is 0 Å². The van der Waals surface area contributed by atoms with E-state index in [9.17, 15) is 28.7 Å². The van der Waals surface area contributed by atoms with E-state index in [1.807, 2.05) is 45.0 Å². The summed E-state index contributed by atoms with van der Waals surface area (Å²) in [5.74, 6) is -0.490. The van der Waals surface area contributed by atoms with Crippen LogP contribution in [0, 0.1) is 0 Å². The van der Waals surface area contributed by atoms with Crippen LogP contribution in [-0.4, -0.2) is 19.6 Å². The van der Waals surface area contributed by atoms with Gasteiger partial charge in [-0.1, -0.05) is 119 Å². The summed E-state index contributed by atoms with van der Waals surface area (Å²) < 4.78 is 35.5. The van der Waals surface area contributed by atoms with Gasteiger partial charge in [0, 0.05) is 5.56 Å². The van der Waals surface area contributed by atoms with Crippen molar-refractivity contribution in [2.24, 2.45) is 0 Å². The third kappa shape index (κ3) is 8.63. The molecule has 44 heavy (non-hydrogen) atoms. The molecule has 0 fully saturated rings. The number of benzene rings is 3. The highest BCUT2D eigenvalue weighted by Gasteiger charge is 2.33. The molecule has 0 amide bonds. The van der Waals surface area contributed by atoms with Crippen molar-refractivity contribution in [3.8, 4) is 33.8 Å². The van der Waals surface area contributed by atoms with Crippen LogP contribution in [0.1, 0.15) is 105 Å². The zero-order chi connectivity index (χ0) is 33.8. The van der Waals surface area contributed by atoms with Crippen molar-refractivity contribution in [3.63, 3.8) is 0 Å². The average molecular weight is 647 g/mol. The normalized spacial score (nSPS) is 13.6. The standard InChI is InChI=1S/C34H48O8P2/c1-31(2,3)21-13-15-23(26(19-21)33(7,8)9)24-17-18-28(41-43(35,36)37)29(30(24)42-44(38,39)40)25-16-14-22(32(4,5)6)20-27(25)34(10,11)12/h13-20H,1-12H3,(H2,35,36,37)(H2,38,39,40). The minimum atomic E-state index is -5.19. The fourth-order valence-corrected chi connectivity index (χ4v) is 6.00. The van der Waals surface area contributed by atoms with Gasteiger partial charge in [0.1, 0.15) is 5.75 Å². The molecule has 3 aromatic rings. The second kappa shape index (κ2) is 11.7.